The van der Waals surface area contributed by atoms with E-state index in [2.05, 4.69) is 49.9 Å². The van der Waals surface area contributed by atoms with Crippen LogP contribution in [0.2, 0.25) is 0 Å². The van der Waals surface area contributed by atoms with Crippen molar-refractivity contribution in [1.82, 2.24) is 9.58 Å². The van der Waals surface area contributed by atoms with Gasteiger partial charge in [0.15, 0.2) is 0 Å². The van der Waals surface area contributed by atoms with Crippen LogP contribution in [0.25, 0.3) is 5.69 Å². The molecule has 0 fully saturated rings. The Morgan fingerprint density at radius 1 is 1.04 bits per heavy atom. The predicted octanol–water partition coefficient (Wildman–Crippen LogP) is 4.94. The molecule has 0 N–H and O–H groups in total. The molecule has 2 heterocycles. The summed E-state index contributed by atoms with van der Waals surface area (Å²) in [5.74, 6) is -0.0512. The van der Waals surface area contributed by atoms with Crippen LogP contribution in [0.5, 0.6) is 0 Å². The van der Waals surface area contributed by atoms with Crippen LogP contribution in [-0.2, 0) is 4.79 Å². The van der Waals surface area contributed by atoms with Gasteiger partial charge in [-0.2, -0.15) is 5.10 Å². The first-order valence-corrected chi connectivity index (χ1v) is 9.28. The minimum atomic E-state index is -0.0813. The van der Waals surface area contributed by atoms with E-state index >= 15 is 0 Å². The van der Waals surface area contributed by atoms with Gasteiger partial charge < -0.3 is 4.57 Å². The highest BCUT2D eigenvalue weighted by Crippen LogP contribution is 2.36. The van der Waals surface area contributed by atoms with Gasteiger partial charge in [-0.3, -0.25) is 4.79 Å². The van der Waals surface area contributed by atoms with Crippen molar-refractivity contribution < 1.29 is 4.79 Å². The first kappa shape index (κ1) is 16.8. The topological polar surface area (TPSA) is 37.6 Å². The fraction of sp³-hybridized carbons (Fsp3) is 0.143. The van der Waals surface area contributed by atoms with Gasteiger partial charge in [0, 0.05) is 35.9 Å². The lowest BCUT2D eigenvalue weighted by Gasteiger charge is -2.21. The Morgan fingerprint density at radius 2 is 1.73 bits per heavy atom. The van der Waals surface area contributed by atoms with E-state index in [4.69, 9.17) is 0 Å². The lowest BCUT2D eigenvalue weighted by molar-refractivity contribution is -0.130. The quantitative estimate of drug-likeness (QED) is 0.605. The number of hydrogen-bond donors (Lipinski definition) is 0. The molecule has 4 rings (SSSR count). The molecule has 1 unspecified atom stereocenters. The second kappa shape index (κ2) is 6.92. The van der Waals surface area contributed by atoms with Crippen molar-refractivity contribution in [1.29, 1.82) is 0 Å². The van der Waals surface area contributed by atoms with Gasteiger partial charge in [-0.1, -0.05) is 46.3 Å². The molecule has 26 heavy (non-hydrogen) atoms. The van der Waals surface area contributed by atoms with E-state index in [1.165, 1.54) is 0 Å². The molecule has 3 aromatic rings. The molecular formula is C21H18BrN3O. The zero-order chi connectivity index (χ0) is 18.1. The highest BCUT2D eigenvalue weighted by molar-refractivity contribution is 9.10. The molecule has 0 bridgehead atoms. The fourth-order valence-electron chi connectivity index (χ4n) is 3.30. The maximum atomic E-state index is 12.1. The first-order chi connectivity index (χ1) is 12.6. The third-order valence-electron chi connectivity index (χ3n) is 4.60. The molecular weight excluding hydrogens is 390 g/mol. The van der Waals surface area contributed by atoms with Crippen LogP contribution in [0.4, 0.5) is 0 Å². The monoisotopic (exact) mass is 407 g/mol. The van der Waals surface area contributed by atoms with Crippen LogP contribution in [0.15, 0.2) is 82.6 Å². The minimum absolute atomic E-state index is 0.0512. The Hall–Kier alpha value is -2.66. The van der Waals surface area contributed by atoms with E-state index in [0.29, 0.717) is 6.42 Å². The maximum Gasteiger partial charge on any atom is 0.240 e. The number of amides is 1. The first-order valence-electron chi connectivity index (χ1n) is 8.49. The molecule has 2 aromatic carbocycles. The molecule has 1 aliphatic heterocycles. The van der Waals surface area contributed by atoms with Crippen molar-refractivity contribution in [2.45, 2.75) is 19.4 Å². The van der Waals surface area contributed by atoms with Gasteiger partial charge in [-0.25, -0.2) is 5.01 Å². The largest absolute Gasteiger partial charge is 0.324 e. The van der Waals surface area contributed by atoms with Crippen LogP contribution in [-0.4, -0.2) is 21.2 Å². The Morgan fingerprint density at radius 3 is 2.38 bits per heavy atom. The number of aromatic nitrogens is 1. The third kappa shape index (κ3) is 3.10. The summed E-state index contributed by atoms with van der Waals surface area (Å²) in [6.07, 6.45) is 4.73. The second-order valence-electron chi connectivity index (χ2n) is 6.29. The molecule has 0 saturated carbocycles. The Balaban J connectivity index is 1.64. The van der Waals surface area contributed by atoms with E-state index in [9.17, 15) is 4.79 Å². The molecule has 0 spiro atoms. The fourth-order valence-corrected chi connectivity index (χ4v) is 3.84. The van der Waals surface area contributed by atoms with Crippen molar-refractivity contribution in [3.63, 3.8) is 0 Å². The van der Waals surface area contributed by atoms with Crippen molar-refractivity contribution in [3.05, 3.63) is 88.7 Å². The molecule has 5 heteroatoms. The van der Waals surface area contributed by atoms with Crippen molar-refractivity contribution in [2.24, 2.45) is 5.10 Å². The summed E-state index contributed by atoms with van der Waals surface area (Å²) in [4.78, 5) is 12.1. The van der Waals surface area contributed by atoms with E-state index in [1.54, 1.807) is 11.9 Å². The summed E-state index contributed by atoms with van der Waals surface area (Å²) in [7, 11) is 0. The average molecular weight is 408 g/mol. The van der Waals surface area contributed by atoms with Crippen LogP contribution < -0.4 is 0 Å². The summed E-state index contributed by atoms with van der Waals surface area (Å²) in [5, 5.41) is 6.21. The summed E-state index contributed by atoms with van der Waals surface area (Å²) in [6, 6.07) is 20.2. The van der Waals surface area contributed by atoms with Gasteiger partial charge in [0.2, 0.25) is 5.91 Å². The number of carbonyl (C=O) groups is 1. The third-order valence-corrected chi connectivity index (χ3v) is 5.32. The molecule has 0 saturated heterocycles. The molecule has 1 aromatic heterocycles. The zero-order valence-corrected chi connectivity index (χ0v) is 15.9. The highest BCUT2D eigenvalue weighted by atomic mass is 79.9. The SMILES string of the molecule is CC(=O)N1N=C(c2ccc(-n3cccc3)cc2)CC1c1ccccc1Br. The summed E-state index contributed by atoms with van der Waals surface area (Å²) < 4.78 is 3.06. The van der Waals surface area contributed by atoms with Gasteiger partial charge >= 0.3 is 0 Å². The summed E-state index contributed by atoms with van der Waals surface area (Å²) in [6.45, 7) is 1.56. The Bertz CT molecular complexity index is 961. The molecule has 1 atom stereocenters. The van der Waals surface area contributed by atoms with Gasteiger partial charge in [0.05, 0.1) is 11.8 Å². The van der Waals surface area contributed by atoms with Crippen molar-refractivity contribution in [3.8, 4) is 5.69 Å². The number of carbonyl (C=O) groups excluding carboxylic acids is 1. The van der Waals surface area contributed by atoms with E-state index in [1.807, 2.05) is 48.8 Å². The number of hydrazone groups is 1. The number of nitrogens with zero attached hydrogens (tertiary/aromatic N) is 3. The number of benzene rings is 2. The average Bonchev–Trinajstić information content (AvgIpc) is 3.32. The summed E-state index contributed by atoms with van der Waals surface area (Å²) in [5.41, 5.74) is 4.15. The van der Waals surface area contributed by atoms with Crippen molar-refractivity contribution in [2.75, 3.05) is 0 Å². The molecule has 1 aliphatic rings. The van der Waals surface area contributed by atoms with Crippen LogP contribution in [0.1, 0.15) is 30.5 Å². The normalized spacial score (nSPS) is 16.6. The minimum Gasteiger partial charge on any atom is -0.324 e. The number of halogens is 1. The smallest absolute Gasteiger partial charge is 0.240 e. The van der Waals surface area contributed by atoms with E-state index in [0.717, 1.165) is 27.0 Å². The standard InChI is InChI=1S/C21H18BrN3O/c1-15(26)25-21(18-6-2-3-7-19(18)22)14-20(23-25)16-8-10-17(11-9-16)24-12-4-5-13-24/h2-13,21H,14H2,1H3. The Labute approximate surface area is 160 Å². The summed E-state index contributed by atoms with van der Waals surface area (Å²) >= 11 is 3.60. The maximum absolute atomic E-state index is 12.1. The zero-order valence-electron chi connectivity index (χ0n) is 14.3. The van der Waals surface area contributed by atoms with Crippen LogP contribution in [0.3, 0.4) is 0 Å². The lowest BCUT2D eigenvalue weighted by Crippen LogP contribution is -2.24. The van der Waals surface area contributed by atoms with E-state index < -0.39 is 0 Å². The van der Waals surface area contributed by atoms with Crippen LogP contribution >= 0.6 is 15.9 Å². The molecule has 0 aliphatic carbocycles. The highest BCUT2D eigenvalue weighted by Gasteiger charge is 2.32. The number of hydrogen-bond acceptors (Lipinski definition) is 2. The van der Waals surface area contributed by atoms with Gasteiger partial charge in [-0.05, 0) is 41.5 Å². The molecule has 0 radical (unpaired) electrons. The Kier molecular flexibility index (Phi) is 4.47. The van der Waals surface area contributed by atoms with Gasteiger partial charge in [0.1, 0.15) is 0 Å². The molecule has 130 valence electrons. The molecule has 4 nitrogen and oxygen atoms in total. The van der Waals surface area contributed by atoms with Crippen molar-refractivity contribution >= 4 is 27.5 Å². The second-order valence-corrected chi connectivity index (χ2v) is 7.14. The predicted molar refractivity (Wildman–Crippen MR) is 106 cm³/mol. The van der Waals surface area contributed by atoms with Gasteiger partial charge in [-0.15, -0.1) is 0 Å². The lowest BCUT2D eigenvalue weighted by atomic mass is 9.98. The number of rotatable bonds is 3. The molecule has 1 amide bonds. The van der Waals surface area contributed by atoms with E-state index in [-0.39, 0.29) is 11.9 Å². The van der Waals surface area contributed by atoms with Gasteiger partial charge in [0.25, 0.3) is 0 Å². The van der Waals surface area contributed by atoms with Crippen LogP contribution in [0, 0.1) is 0 Å².